The molecule has 0 saturated heterocycles. The van der Waals surface area contributed by atoms with Crippen LogP contribution in [-0.4, -0.2) is 19.6 Å². The maximum Gasteiger partial charge on any atom is 0.251 e. The Kier molecular flexibility index (Phi) is 5.02. The van der Waals surface area contributed by atoms with E-state index in [-0.39, 0.29) is 5.91 Å². The smallest absolute Gasteiger partial charge is 0.251 e. The van der Waals surface area contributed by atoms with Crippen molar-refractivity contribution in [3.8, 4) is 5.75 Å². The van der Waals surface area contributed by atoms with Gasteiger partial charge in [-0.2, -0.15) is 0 Å². The van der Waals surface area contributed by atoms with Gasteiger partial charge in [-0.25, -0.2) is 0 Å². The normalized spacial score (nSPS) is 14.6. The molecule has 2 aromatic rings. The van der Waals surface area contributed by atoms with Crippen LogP contribution in [0.25, 0.3) is 0 Å². The van der Waals surface area contributed by atoms with Crippen LogP contribution >= 0.6 is 23.4 Å². The lowest BCUT2D eigenvalue weighted by Crippen LogP contribution is -2.19. The molecular formula is C18H17ClN2O2S. The molecule has 0 fully saturated rings. The van der Waals surface area contributed by atoms with Crippen LogP contribution in [0.2, 0.25) is 5.02 Å². The first kappa shape index (κ1) is 16.7. The lowest BCUT2D eigenvalue weighted by molar-refractivity contribution is -0.111. The van der Waals surface area contributed by atoms with Crippen molar-refractivity contribution in [3.63, 3.8) is 0 Å². The van der Waals surface area contributed by atoms with E-state index in [1.807, 2.05) is 18.2 Å². The number of halogens is 1. The molecule has 3 rings (SSSR count). The molecule has 0 aromatic heterocycles. The summed E-state index contributed by atoms with van der Waals surface area (Å²) >= 11 is 7.52. The summed E-state index contributed by atoms with van der Waals surface area (Å²) in [6, 6.07) is 13.0. The molecule has 1 heterocycles. The standard InChI is InChI=1S/C18H17ClN2O2S/c1-3-21-15-10-14(23-2)7-8-16(15)24-18(21)11-17(22)20-13-6-4-5-12(19)9-13/h4-11H,3H2,1-2H3,(H,20,22)/b18-11-. The number of rotatable bonds is 4. The highest BCUT2D eigenvalue weighted by Gasteiger charge is 2.25. The number of benzene rings is 2. The summed E-state index contributed by atoms with van der Waals surface area (Å²) in [6.45, 7) is 2.82. The first-order valence-electron chi connectivity index (χ1n) is 7.52. The molecule has 1 amide bonds. The SMILES string of the molecule is CCN1/C(=C/C(=O)Nc2cccc(Cl)c2)Sc2ccc(OC)cc21. The van der Waals surface area contributed by atoms with Gasteiger partial charge in [0, 0.05) is 34.3 Å². The van der Waals surface area contributed by atoms with E-state index in [0.29, 0.717) is 10.7 Å². The van der Waals surface area contributed by atoms with Crippen LogP contribution in [0.15, 0.2) is 58.5 Å². The number of anilines is 2. The molecule has 0 spiro atoms. The van der Waals surface area contributed by atoms with Gasteiger partial charge >= 0.3 is 0 Å². The van der Waals surface area contributed by atoms with Gasteiger partial charge in [-0.1, -0.05) is 29.4 Å². The monoisotopic (exact) mass is 360 g/mol. The van der Waals surface area contributed by atoms with Crippen LogP contribution in [0.1, 0.15) is 6.92 Å². The van der Waals surface area contributed by atoms with Gasteiger partial charge in [-0.15, -0.1) is 0 Å². The number of carbonyl (C=O) groups is 1. The number of amides is 1. The Morgan fingerprint density at radius 2 is 2.17 bits per heavy atom. The third-order valence-corrected chi connectivity index (χ3v) is 4.95. The Bertz CT molecular complexity index is 807. The highest BCUT2D eigenvalue weighted by Crippen LogP contribution is 2.47. The van der Waals surface area contributed by atoms with E-state index >= 15 is 0 Å². The predicted molar refractivity (Wildman–Crippen MR) is 100 cm³/mol. The molecule has 0 unspecified atom stereocenters. The maximum absolute atomic E-state index is 12.3. The molecule has 6 heteroatoms. The number of nitrogens with one attached hydrogen (secondary N) is 1. The van der Waals surface area contributed by atoms with Gasteiger partial charge in [-0.05, 0) is 37.3 Å². The number of ether oxygens (including phenoxy) is 1. The topological polar surface area (TPSA) is 41.6 Å². The van der Waals surface area contributed by atoms with E-state index in [2.05, 4.69) is 17.1 Å². The summed E-state index contributed by atoms with van der Waals surface area (Å²) in [4.78, 5) is 15.5. The number of hydrogen-bond acceptors (Lipinski definition) is 4. The summed E-state index contributed by atoms with van der Waals surface area (Å²) < 4.78 is 5.29. The summed E-state index contributed by atoms with van der Waals surface area (Å²) in [5.74, 6) is 0.621. The molecule has 0 bridgehead atoms. The first-order valence-corrected chi connectivity index (χ1v) is 8.72. The van der Waals surface area contributed by atoms with E-state index in [1.165, 1.54) is 0 Å². The summed E-state index contributed by atoms with van der Waals surface area (Å²) in [5.41, 5.74) is 1.73. The fraction of sp³-hybridized carbons (Fsp3) is 0.167. The zero-order valence-electron chi connectivity index (χ0n) is 13.4. The number of methoxy groups -OCH3 is 1. The molecule has 124 valence electrons. The summed E-state index contributed by atoms with van der Waals surface area (Å²) in [5, 5.41) is 4.32. The van der Waals surface area contributed by atoms with E-state index in [0.717, 1.165) is 27.9 Å². The molecule has 4 nitrogen and oxygen atoms in total. The van der Waals surface area contributed by atoms with E-state index < -0.39 is 0 Å². The highest BCUT2D eigenvalue weighted by atomic mass is 35.5. The number of nitrogens with zero attached hydrogens (tertiary/aromatic N) is 1. The molecule has 1 aliphatic heterocycles. The Morgan fingerprint density at radius 1 is 1.33 bits per heavy atom. The third-order valence-electron chi connectivity index (χ3n) is 3.60. The Morgan fingerprint density at radius 3 is 2.88 bits per heavy atom. The Hall–Kier alpha value is -2.11. The van der Waals surface area contributed by atoms with Crippen molar-refractivity contribution < 1.29 is 9.53 Å². The average Bonchev–Trinajstić information content (AvgIpc) is 2.90. The second-order valence-corrected chi connectivity index (χ2v) is 6.66. The number of fused-ring (bicyclic) bond motifs is 1. The van der Waals surface area contributed by atoms with Crippen LogP contribution in [0.4, 0.5) is 11.4 Å². The second kappa shape index (κ2) is 7.20. The van der Waals surface area contributed by atoms with Gasteiger partial charge in [0.25, 0.3) is 5.91 Å². The average molecular weight is 361 g/mol. The molecule has 24 heavy (non-hydrogen) atoms. The molecule has 0 aliphatic carbocycles. The number of carbonyl (C=O) groups excluding carboxylic acids is 1. The van der Waals surface area contributed by atoms with E-state index in [9.17, 15) is 4.79 Å². The summed E-state index contributed by atoms with van der Waals surface area (Å²) in [7, 11) is 1.65. The summed E-state index contributed by atoms with van der Waals surface area (Å²) in [6.07, 6.45) is 1.61. The van der Waals surface area contributed by atoms with Crippen molar-refractivity contribution in [3.05, 3.63) is 58.6 Å². The largest absolute Gasteiger partial charge is 0.497 e. The minimum atomic E-state index is -0.182. The minimum Gasteiger partial charge on any atom is -0.497 e. The van der Waals surface area contributed by atoms with Crippen molar-refractivity contribution in [2.24, 2.45) is 0 Å². The van der Waals surface area contributed by atoms with Crippen molar-refractivity contribution >= 4 is 40.6 Å². The van der Waals surface area contributed by atoms with Crippen LogP contribution in [0.5, 0.6) is 5.75 Å². The minimum absolute atomic E-state index is 0.182. The van der Waals surface area contributed by atoms with Crippen molar-refractivity contribution in [2.45, 2.75) is 11.8 Å². The van der Waals surface area contributed by atoms with Crippen LogP contribution in [-0.2, 0) is 4.79 Å². The highest BCUT2D eigenvalue weighted by molar-refractivity contribution is 8.03. The number of thioether (sulfide) groups is 1. The zero-order valence-corrected chi connectivity index (χ0v) is 14.9. The fourth-order valence-electron chi connectivity index (χ4n) is 2.50. The molecule has 1 aliphatic rings. The maximum atomic E-state index is 12.3. The molecule has 0 atom stereocenters. The van der Waals surface area contributed by atoms with Crippen LogP contribution in [0, 0.1) is 0 Å². The van der Waals surface area contributed by atoms with Crippen molar-refractivity contribution in [1.82, 2.24) is 0 Å². The van der Waals surface area contributed by atoms with Gasteiger partial charge < -0.3 is 15.0 Å². The second-order valence-electron chi connectivity index (χ2n) is 5.16. The van der Waals surface area contributed by atoms with Gasteiger partial charge in [0.05, 0.1) is 17.8 Å². The Balaban J connectivity index is 1.81. The van der Waals surface area contributed by atoms with Crippen molar-refractivity contribution in [1.29, 1.82) is 0 Å². The van der Waals surface area contributed by atoms with Crippen LogP contribution in [0.3, 0.4) is 0 Å². The molecule has 0 saturated carbocycles. The molecular weight excluding hydrogens is 344 g/mol. The quantitative estimate of drug-likeness (QED) is 0.798. The van der Waals surface area contributed by atoms with Crippen LogP contribution < -0.4 is 15.0 Å². The van der Waals surface area contributed by atoms with E-state index in [1.54, 1.807) is 49.2 Å². The fourth-order valence-corrected chi connectivity index (χ4v) is 3.83. The predicted octanol–water partition coefficient (Wildman–Crippen LogP) is 4.76. The first-order chi connectivity index (χ1) is 11.6. The lowest BCUT2D eigenvalue weighted by Gasteiger charge is -2.18. The zero-order chi connectivity index (χ0) is 17.1. The third kappa shape index (κ3) is 3.52. The number of hydrogen-bond donors (Lipinski definition) is 1. The van der Waals surface area contributed by atoms with Gasteiger partial charge in [0.2, 0.25) is 0 Å². The molecule has 2 aromatic carbocycles. The van der Waals surface area contributed by atoms with Gasteiger partial charge in [0.15, 0.2) is 0 Å². The lowest BCUT2D eigenvalue weighted by atomic mass is 10.2. The Labute approximate surface area is 150 Å². The van der Waals surface area contributed by atoms with Crippen molar-refractivity contribution in [2.75, 3.05) is 23.9 Å². The molecule has 0 radical (unpaired) electrons. The molecule has 1 N–H and O–H groups in total. The van der Waals surface area contributed by atoms with Gasteiger partial charge in [0.1, 0.15) is 5.75 Å². The van der Waals surface area contributed by atoms with E-state index in [4.69, 9.17) is 16.3 Å². The van der Waals surface area contributed by atoms with Gasteiger partial charge in [-0.3, -0.25) is 4.79 Å².